The van der Waals surface area contributed by atoms with Crippen LogP contribution in [0.25, 0.3) is 0 Å². The van der Waals surface area contributed by atoms with Crippen LogP contribution in [-0.2, 0) is 0 Å². The number of benzene rings is 1. The molecule has 1 aromatic carbocycles. The van der Waals surface area contributed by atoms with Gasteiger partial charge in [0, 0.05) is 5.56 Å². The van der Waals surface area contributed by atoms with Gasteiger partial charge in [-0.2, -0.15) is 5.10 Å². The molecule has 0 saturated heterocycles. The Kier molecular flexibility index (Phi) is 4.82. The molecule has 7 heteroatoms. The van der Waals surface area contributed by atoms with Crippen LogP contribution in [0.4, 0.5) is 0 Å². The first-order valence-corrected chi connectivity index (χ1v) is 7.05. The summed E-state index contributed by atoms with van der Waals surface area (Å²) in [6.45, 7) is 0. The van der Waals surface area contributed by atoms with Gasteiger partial charge in [-0.3, -0.25) is 4.79 Å². The molecule has 0 aliphatic carbocycles. The summed E-state index contributed by atoms with van der Waals surface area (Å²) in [4.78, 5) is 12.2. The molecule has 0 aliphatic rings. The van der Waals surface area contributed by atoms with Crippen LogP contribution < -0.4 is 5.43 Å². The molecular formula is C12H7Cl3N2OS. The van der Waals surface area contributed by atoms with E-state index in [0.29, 0.717) is 24.8 Å². The van der Waals surface area contributed by atoms with Crippen LogP contribution in [0.15, 0.2) is 35.4 Å². The van der Waals surface area contributed by atoms with Gasteiger partial charge in [0.25, 0.3) is 5.91 Å². The van der Waals surface area contributed by atoms with Crippen molar-refractivity contribution in [1.82, 2.24) is 5.43 Å². The Morgan fingerprint density at radius 3 is 2.68 bits per heavy atom. The van der Waals surface area contributed by atoms with E-state index in [-0.39, 0.29) is 5.91 Å². The molecule has 0 fully saturated rings. The quantitative estimate of drug-likeness (QED) is 0.653. The molecule has 2 rings (SSSR count). The average molecular weight is 334 g/mol. The van der Waals surface area contributed by atoms with Gasteiger partial charge in [-0.1, -0.05) is 46.9 Å². The second-order valence-corrected chi connectivity index (χ2v) is 5.95. The summed E-state index contributed by atoms with van der Waals surface area (Å²) in [6, 6.07) is 8.44. The second kappa shape index (κ2) is 6.39. The number of nitrogens with one attached hydrogen (secondary N) is 1. The highest BCUT2D eigenvalue weighted by atomic mass is 35.5. The molecule has 0 radical (unpaired) electrons. The highest BCUT2D eigenvalue weighted by Crippen LogP contribution is 2.24. The Hall–Kier alpha value is -1.07. The lowest BCUT2D eigenvalue weighted by Gasteiger charge is -2.00. The number of halogens is 3. The zero-order valence-electron chi connectivity index (χ0n) is 9.36. The number of carbonyl (C=O) groups excluding carboxylic acids is 1. The molecule has 0 spiro atoms. The molecule has 0 bridgehead atoms. The van der Waals surface area contributed by atoms with Gasteiger partial charge in [-0.15, -0.1) is 11.3 Å². The molecule has 1 heterocycles. The SMILES string of the molecule is O=C(N/N=C/c1cccc(Cl)c1Cl)c1ccc(Cl)s1. The van der Waals surface area contributed by atoms with Crippen LogP contribution >= 0.6 is 46.1 Å². The molecule has 19 heavy (non-hydrogen) atoms. The minimum absolute atomic E-state index is 0.327. The smallest absolute Gasteiger partial charge is 0.266 e. The summed E-state index contributed by atoms with van der Waals surface area (Å²) in [5, 5.41) is 4.65. The molecule has 0 saturated carbocycles. The molecule has 0 atom stereocenters. The van der Waals surface area contributed by atoms with Crippen molar-refractivity contribution < 1.29 is 4.79 Å². The number of hydrazone groups is 1. The van der Waals surface area contributed by atoms with Crippen molar-refractivity contribution in [2.45, 2.75) is 0 Å². The predicted octanol–water partition coefficient (Wildman–Crippen LogP) is 4.47. The third-order valence-electron chi connectivity index (χ3n) is 2.15. The van der Waals surface area contributed by atoms with E-state index in [4.69, 9.17) is 34.8 Å². The minimum Gasteiger partial charge on any atom is -0.266 e. The fourth-order valence-corrected chi connectivity index (χ4v) is 2.56. The van der Waals surface area contributed by atoms with Gasteiger partial charge < -0.3 is 0 Å². The number of amides is 1. The van der Waals surface area contributed by atoms with Gasteiger partial charge in [0.05, 0.1) is 25.5 Å². The van der Waals surface area contributed by atoms with Crippen molar-refractivity contribution in [3.63, 3.8) is 0 Å². The Morgan fingerprint density at radius 1 is 1.21 bits per heavy atom. The first-order valence-electron chi connectivity index (χ1n) is 5.10. The molecule has 3 nitrogen and oxygen atoms in total. The van der Waals surface area contributed by atoms with Crippen LogP contribution in [0, 0.1) is 0 Å². The van der Waals surface area contributed by atoms with Gasteiger partial charge in [0.2, 0.25) is 0 Å². The van der Waals surface area contributed by atoms with E-state index < -0.39 is 0 Å². The van der Waals surface area contributed by atoms with E-state index >= 15 is 0 Å². The van der Waals surface area contributed by atoms with E-state index in [2.05, 4.69) is 10.5 Å². The first kappa shape index (κ1) is 14.3. The largest absolute Gasteiger partial charge is 0.281 e. The number of nitrogens with zero attached hydrogens (tertiary/aromatic N) is 1. The number of hydrogen-bond donors (Lipinski definition) is 1. The summed E-state index contributed by atoms with van der Waals surface area (Å²) in [5.41, 5.74) is 3.01. The maximum absolute atomic E-state index is 11.7. The van der Waals surface area contributed by atoms with Crippen molar-refractivity contribution in [1.29, 1.82) is 0 Å². The molecule has 98 valence electrons. The van der Waals surface area contributed by atoms with Crippen LogP contribution in [0.3, 0.4) is 0 Å². The molecule has 0 aliphatic heterocycles. The van der Waals surface area contributed by atoms with Crippen LogP contribution in [-0.4, -0.2) is 12.1 Å². The highest BCUT2D eigenvalue weighted by molar-refractivity contribution is 7.17. The number of hydrogen-bond acceptors (Lipinski definition) is 3. The lowest BCUT2D eigenvalue weighted by molar-refractivity contribution is 0.0959. The second-order valence-electron chi connectivity index (χ2n) is 3.45. The normalized spacial score (nSPS) is 10.9. The maximum Gasteiger partial charge on any atom is 0.281 e. The molecular weight excluding hydrogens is 327 g/mol. The summed E-state index contributed by atoms with van der Waals surface area (Å²) >= 11 is 18.8. The van der Waals surface area contributed by atoms with Crippen molar-refractivity contribution >= 4 is 58.3 Å². The lowest BCUT2D eigenvalue weighted by atomic mass is 10.2. The predicted molar refractivity (Wildman–Crippen MR) is 80.9 cm³/mol. The van der Waals surface area contributed by atoms with E-state index in [0.717, 1.165) is 0 Å². The topological polar surface area (TPSA) is 41.5 Å². The molecule has 0 unspecified atom stereocenters. The van der Waals surface area contributed by atoms with Gasteiger partial charge in [-0.25, -0.2) is 5.43 Å². The molecule has 1 aromatic heterocycles. The van der Waals surface area contributed by atoms with Gasteiger partial charge >= 0.3 is 0 Å². The van der Waals surface area contributed by atoms with Crippen LogP contribution in [0.1, 0.15) is 15.2 Å². The van der Waals surface area contributed by atoms with E-state index in [1.807, 2.05) is 0 Å². The van der Waals surface area contributed by atoms with Crippen molar-refractivity contribution in [3.05, 3.63) is 55.2 Å². The zero-order valence-corrected chi connectivity index (χ0v) is 12.4. The minimum atomic E-state index is -0.327. The maximum atomic E-state index is 11.7. The molecule has 2 aromatic rings. The molecule has 1 amide bonds. The highest BCUT2D eigenvalue weighted by Gasteiger charge is 2.07. The van der Waals surface area contributed by atoms with Gasteiger partial charge in [0.1, 0.15) is 0 Å². The standard InChI is InChI=1S/C12H7Cl3N2OS/c13-8-3-1-2-7(11(8)15)6-16-17-12(18)9-4-5-10(14)19-9/h1-6H,(H,17,18)/b16-6+. The first-order chi connectivity index (χ1) is 9.08. The Labute approximate surface area is 128 Å². The lowest BCUT2D eigenvalue weighted by Crippen LogP contribution is -2.16. The average Bonchev–Trinajstić information content (AvgIpc) is 2.81. The summed E-state index contributed by atoms with van der Waals surface area (Å²) in [6.07, 6.45) is 1.43. The Bertz CT molecular complexity index is 640. The number of rotatable bonds is 3. The third kappa shape index (κ3) is 3.70. The Balaban J connectivity index is 2.04. The van der Waals surface area contributed by atoms with Crippen LogP contribution in [0.2, 0.25) is 14.4 Å². The summed E-state index contributed by atoms with van der Waals surface area (Å²) in [5.74, 6) is -0.327. The van der Waals surface area contributed by atoms with Crippen molar-refractivity contribution in [2.75, 3.05) is 0 Å². The monoisotopic (exact) mass is 332 g/mol. The fraction of sp³-hybridized carbons (Fsp3) is 0. The van der Waals surface area contributed by atoms with Gasteiger partial charge in [-0.05, 0) is 18.2 Å². The summed E-state index contributed by atoms with van der Waals surface area (Å²) in [7, 11) is 0. The fourth-order valence-electron chi connectivity index (χ4n) is 1.27. The van der Waals surface area contributed by atoms with E-state index in [9.17, 15) is 4.79 Å². The molecule has 1 N–H and O–H groups in total. The van der Waals surface area contributed by atoms with E-state index in [1.54, 1.807) is 30.3 Å². The van der Waals surface area contributed by atoms with E-state index in [1.165, 1.54) is 17.6 Å². The number of thiophene rings is 1. The van der Waals surface area contributed by atoms with Crippen molar-refractivity contribution in [3.8, 4) is 0 Å². The zero-order chi connectivity index (χ0) is 13.8. The van der Waals surface area contributed by atoms with Crippen LogP contribution in [0.5, 0.6) is 0 Å². The number of carbonyl (C=O) groups is 1. The van der Waals surface area contributed by atoms with Crippen molar-refractivity contribution in [2.24, 2.45) is 5.10 Å². The summed E-state index contributed by atoms with van der Waals surface area (Å²) < 4.78 is 0.548. The third-order valence-corrected chi connectivity index (χ3v) is 4.21. The Morgan fingerprint density at radius 2 is 2.00 bits per heavy atom. The van der Waals surface area contributed by atoms with Gasteiger partial charge in [0.15, 0.2) is 0 Å².